The minimum Gasteiger partial charge on any atom is -0.489 e. The van der Waals surface area contributed by atoms with E-state index in [1.165, 1.54) is 0 Å². The normalized spacial score (nSPS) is 11.5. The third kappa shape index (κ3) is 6.04. The fourth-order valence-corrected chi connectivity index (χ4v) is 3.73. The molecule has 0 bridgehead atoms. The van der Waals surface area contributed by atoms with Gasteiger partial charge in [0.2, 0.25) is 5.78 Å². The number of hydrogen-bond acceptors (Lipinski definition) is 4. The Labute approximate surface area is 206 Å². The molecule has 0 heterocycles. The molecule has 0 spiro atoms. The molecule has 4 heteroatoms. The number of carbonyl (C=O) groups is 2. The molecule has 0 fully saturated rings. The third-order valence-corrected chi connectivity index (χ3v) is 5.94. The number of ketones is 1. The molecule has 35 heavy (non-hydrogen) atoms. The predicted molar refractivity (Wildman–Crippen MR) is 137 cm³/mol. The van der Waals surface area contributed by atoms with E-state index in [9.17, 15) is 9.59 Å². The van der Waals surface area contributed by atoms with Gasteiger partial charge in [0, 0.05) is 11.1 Å². The number of ether oxygens (including phenoxy) is 2. The van der Waals surface area contributed by atoms with Crippen LogP contribution in [-0.2, 0) is 11.3 Å². The second-order valence-corrected chi connectivity index (χ2v) is 8.66. The molecule has 0 unspecified atom stereocenters. The van der Waals surface area contributed by atoms with Crippen molar-refractivity contribution in [2.24, 2.45) is 0 Å². The Hall–Kier alpha value is -4.18. The average molecular weight is 465 g/mol. The molecule has 4 aromatic carbocycles. The molecule has 0 radical (unpaired) electrons. The summed E-state index contributed by atoms with van der Waals surface area (Å²) in [5.74, 6) is -0.0120. The van der Waals surface area contributed by atoms with Crippen LogP contribution in [0.1, 0.15) is 54.6 Å². The lowest BCUT2D eigenvalue weighted by Gasteiger charge is -2.18. The molecular weight excluding hydrogens is 436 g/mol. The van der Waals surface area contributed by atoms with E-state index < -0.39 is 12.1 Å². The fourth-order valence-electron chi connectivity index (χ4n) is 3.73. The second-order valence-electron chi connectivity index (χ2n) is 8.66. The lowest BCUT2D eigenvalue weighted by Crippen LogP contribution is -2.20. The Balaban J connectivity index is 1.49. The van der Waals surface area contributed by atoms with Crippen molar-refractivity contribution < 1.29 is 19.1 Å². The van der Waals surface area contributed by atoms with Gasteiger partial charge in [-0.25, -0.2) is 4.79 Å². The quantitative estimate of drug-likeness (QED) is 0.209. The van der Waals surface area contributed by atoms with E-state index in [1.54, 1.807) is 30.3 Å². The smallest absolute Gasteiger partial charge is 0.339 e. The Bertz CT molecular complexity index is 1320. The van der Waals surface area contributed by atoms with E-state index in [2.05, 4.69) is 0 Å². The molecule has 4 nitrogen and oxygen atoms in total. The maximum Gasteiger partial charge on any atom is 0.339 e. The second kappa shape index (κ2) is 10.8. The summed E-state index contributed by atoms with van der Waals surface area (Å²) in [4.78, 5) is 26.4. The third-order valence-electron chi connectivity index (χ3n) is 5.94. The number of benzene rings is 4. The minimum absolute atomic E-state index is 0.254. The van der Waals surface area contributed by atoms with Crippen molar-refractivity contribution >= 4 is 11.8 Å². The Morgan fingerprint density at radius 2 is 1.43 bits per heavy atom. The Morgan fingerprint density at radius 1 is 0.714 bits per heavy atom. The highest BCUT2D eigenvalue weighted by atomic mass is 16.5. The van der Waals surface area contributed by atoms with Gasteiger partial charge in [-0.3, -0.25) is 4.79 Å². The number of Topliss-reactive ketones (excluding diaryl/α,β-unsaturated/α-hetero) is 1. The van der Waals surface area contributed by atoms with E-state index in [-0.39, 0.29) is 5.78 Å². The first kappa shape index (κ1) is 24.0. The van der Waals surface area contributed by atoms with Crippen molar-refractivity contribution in [3.8, 4) is 5.75 Å². The van der Waals surface area contributed by atoms with Crippen molar-refractivity contribution in [3.05, 3.63) is 136 Å². The fraction of sp³-hybridized carbons (Fsp3) is 0.161. The van der Waals surface area contributed by atoms with Gasteiger partial charge in [-0.2, -0.15) is 0 Å². The molecule has 0 saturated heterocycles. The van der Waals surface area contributed by atoms with Crippen LogP contribution in [0.4, 0.5) is 0 Å². The number of rotatable bonds is 8. The van der Waals surface area contributed by atoms with Crippen LogP contribution in [0.25, 0.3) is 0 Å². The monoisotopic (exact) mass is 464 g/mol. The van der Waals surface area contributed by atoms with Crippen LogP contribution >= 0.6 is 0 Å². The van der Waals surface area contributed by atoms with E-state index >= 15 is 0 Å². The molecule has 0 aromatic heterocycles. The number of esters is 1. The van der Waals surface area contributed by atoms with Crippen molar-refractivity contribution in [2.45, 2.75) is 33.5 Å². The zero-order valence-corrected chi connectivity index (χ0v) is 20.2. The molecule has 0 saturated carbocycles. The summed E-state index contributed by atoms with van der Waals surface area (Å²) >= 11 is 0. The molecular formula is C31H28O4. The topological polar surface area (TPSA) is 52.6 Å². The first-order chi connectivity index (χ1) is 16.9. The summed E-state index contributed by atoms with van der Waals surface area (Å²) < 4.78 is 11.6. The lowest BCUT2D eigenvalue weighted by molar-refractivity contribution is 0.0280. The highest BCUT2D eigenvalue weighted by molar-refractivity contribution is 6.02. The number of hydrogen-bond donors (Lipinski definition) is 0. The van der Waals surface area contributed by atoms with Crippen LogP contribution in [0.3, 0.4) is 0 Å². The Kier molecular flexibility index (Phi) is 7.41. The summed E-state index contributed by atoms with van der Waals surface area (Å²) in [7, 11) is 0. The van der Waals surface area contributed by atoms with E-state index in [4.69, 9.17) is 9.47 Å². The van der Waals surface area contributed by atoms with Crippen molar-refractivity contribution in [3.63, 3.8) is 0 Å². The van der Waals surface area contributed by atoms with Gasteiger partial charge >= 0.3 is 5.97 Å². The first-order valence-corrected chi connectivity index (χ1v) is 11.6. The van der Waals surface area contributed by atoms with Gasteiger partial charge in [-0.15, -0.1) is 0 Å². The van der Waals surface area contributed by atoms with Crippen LogP contribution in [0, 0.1) is 20.8 Å². The summed E-state index contributed by atoms with van der Waals surface area (Å²) in [6.07, 6.45) is -1.03. The van der Waals surface area contributed by atoms with Crippen molar-refractivity contribution in [1.29, 1.82) is 0 Å². The molecule has 4 aromatic rings. The van der Waals surface area contributed by atoms with Crippen LogP contribution in [-0.4, -0.2) is 11.8 Å². The van der Waals surface area contributed by atoms with Gasteiger partial charge in [0.1, 0.15) is 12.4 Å². The summed E-state index contributed by atoms with van der Waals surface area (Å²) in [5, 5.41) is 0. The summed E-state index contributed by atoms with van der Waals surface area (Å²) in [5.41, 5.74) is 5.68. The van der Waals surface area contributed by atoms with Gasteiger partial charge < -0.3 is 9.47 Å². The van der Waals surface area contributed by atoms with Gasteiger partial charge in [0.05, 0.1) is 5.56 Å². The minimum atomic E-state index is -1.03. The van der Waals surface area contributed by atoms with Crippen LogP contribution in [0.5, 0.6) is 5.75 Å². The van der Waals surface area contributed by atoms with Gasteiger partial charge in [-0.1, -0.05) is 66.7 Å². The zero-order valence-electron chi connectivity index (χ0n) is 20.2. The average Bonchev–Trinajstić information content (AvgIpc) is 2.88. The van der Waals surface area contributed by atoms with E-state index in [1.807, 2.05) is 87.5 Å². The predicted octanol–water partition coefficient (Wildman–Crippen LogP) is 6.97. The molecule has 0 amide bonds. The number of aryl methyl sites for hydroxylation is 3. The van der Waals surface area contributed by atoms with Crippen LogP contribution in [0.2, 0.25) is 0 Å². The maximum atomic E-state index is 13.4. The SMILES string of the molecule is Cc1cccc(OCc2ccc(C(=O)O[C@@H](C(=O)c3ccc(C)c(C)c3)c3ccccc3)cc2)c1. The van der Waals surface area contributed by atoms with Crippen molar-refractivity contribution in [2.75, 3.05) is 0 Å². The molecule has 0 N–H and O–H groups in total. The standard InChI is InChI=1S/C31H28O4/c1-21-8-7-11-28(18-21)34-20-24-13-16-26(17-14-24)31(33)35-30(25-9-5-4-6-10-25)29(32)27-15-12-22(2)23(3)19-27/h4-19,30H,20H2,1-3H3/t30-/m1/s1. The lowest BCUT2D eigenvalue weighted by atomic mass is 9.97. The number of carbonyl (C=O) groups excluding carboxylic acids is 2. The molecule has 1 atom stereocenters. The van der Waals surface area contributed by atoms with E-state index in [0.29, 0.717) is 23.3 Å². The summed E-state index contributed by atoms with van der Waals surface area (Å²) in [6, 6.07) is 29.5. The van der Waals surface area contributed by atoms with Gasteiger partial charge in [0.25, 0.3) is 0 Å². The van der Waals surface area contributed by atoms with E-state index in [0.717, 1.165) is 28.0 Å². The van der Waals surface area contributed by atoms with Crippen LogP contribution < -0.4 is 4.74 Å². The highest BCUT2D eigenvalue weighted by Crippen LogP contribution is 2.25. The maximum absolute atomic E-state index is 13.4. The van der Waals surface area contributed by atoms with Gasteiger partial charge in [0.15, 0.2) is 6.10 Å². The molecule has 176 valence electrons. The highest BCUT2D eigenvalue weighted by Gasteiger charge is 2.27. The first-order valence-electron chi connectivity index (χ1n) is 11.6. The Morgan fingerprint density at radius 3 is 2.11 bits per heavy atom. The molecule has 4 rings (SSSR count). The van der Waals surface area contributed by atoms with Gasteiger partial charge in [-0.05, 0) is 73.4 Å². The van der Waals surface area contributed by atoms with Crippen LogP contribution in [0.15, 0.2) is 97.1 Å². The molecule has 0 aliphatic rings. The molecule has 0 aliphatic carbocycles. The summed E-state index contributed by atoms with van der Waals surface area (Å²) in [6.45, 7) is 6.35. The van der Waals surface area contributed by atoms with Crippen molar-refractivity contribution in [1.82, 2.24) is 0 Å². The largest absolute Gasteiger partial charge is 0.489 e. The zero-order chi connectivity index (χ0) is 24.8. The molecule has 0 aliphatic heterocycles.